The second-order valence-corrected chi connectivity index (χ2v) is 8.11. The molecule has 27 heavy (non-hydrogen) atoms. The molecule has 0 bridgehead atoms. The SMILES string of the molecule is O=C1OC2(c3ccc(O)cc3Oc3cc(O)ccc32)c2cc(Br)cc(Br)c21. The van der Waals surface area contributed by atoms with Crippen molar-refractivity contribution in [2.75, 3.05) is 0 Å². The van der Waals surface area contributed by atoms with Gasteiger partial charge in [0.1, 0.15) is 23.0 Å². The number of hydrogen-bond acceptors (Lipinski definition) is 5. The number of esters is 1. The molecule has 0 saturated heterocycles. The number of ether oxygens (including phenoxy) is 2. The van der Waals surface area contributed by atoms with Gasteiger partial charge < -0.3 is 19.7 Å². The molecule has 3 aromatic carbocycles. The lowest BCUT2D eigenvalue weighted by Gasteiger charge is -2.36. The molecule has 5 nitrogen and oxygen atoms in total. The van der Waals surface area contributed by atoms with E-state index in [1.54, 1.807) is 18.2 Å². The van der Waals surface area contributed by atoms with Gasteiger partial charge in [0.15, 0.2) is 5.60 Å². The van der Waals surface area contributed by atoms with Gasteiger partial charge in [-0.05, 0) is 52.3 Å². The van der Waals surface area contributed by atoms with Crippen LogP contribution in [0.25, 0.3) is 0 Å². The van der Waals surface area contributed by atoms with Gasteiger partial charge in [-0.25, -0.2) is 4.79 Å². The topological polar surface area (TPSA) is 76.0 Å². The summed E-state index contributed by atoms with van der Waals surface area (Å²) in [5, 5.41) is 19.8. The predicted molar refractivity (Wildman–Crippen MR) is 103 cm³/mol. The molecule has 2 aliphatic heterocycles. The number of aromatic hydroxyl groups is 2. The summed E-state index contributed by atoms with van der Waals surface area (Å²) in [5.74, 6) is 0.277. The average Bonchev–Trinajstić information content (AvgIpc) is 2.87. The first kappa shape index (κ1) is 16.6. The minimum absolute atomic E-state index is 0.0208. The van der Waals surface area contributed by atoms with E-state index in [0.29, 0.717) is 38.2 Å². The number of benzene rings is 3. The summed E-state index contributed by atoms with van der Waals surface area (Å²) in [6.07, 6.45) is 0. The van der Waals surface area contributed by atoms with Gasteiger partial charge in [-0.15, -0.1) is 0 Å². The van der Waals surface area contributed by atoms with E-state index in [1.807, 2.05) is 6.07 Å². The Labute approximate surface area is 170 Å². The fraction of sp³-hybridized carbons (Fsp3) is 0.0500. The summed E-state index contributed by atoms with van der Waals surface area (Å²) in [6.45, 7) is 0. The lowest BCUT2D eigenvalue weighted by atomic mass is 9.77. The minimum atomic E-state index is -1.25. The van der Waals surface area contributed by atoms with Crippen LogP contribution in [0, 0.1) is 0 Å². The number of phenols is 2. The van der Waals surface area contributed by atoms with E-state index < -0.39 is 11.6 Å². The van der Waals surface area contributed by atoms with Crippen LogP contribution in [0.5, 0.6) is 23.0 Å². The molecule has 0 saturated carbocycles. The molecule has 0 radical (unpaired) electrons. The number of carbonyl (C=O) groups excluding carboxylic acids is 1. The highest BCUT2D eigenvalue weighted by Gasteiger charge is 2.54. The van der Waals surface area contributed by atoms with E-state index in [9.17, 15) is 15.0 Å². The van der Waals surface area contributed by atoms with Crippen molar-refractivity contribution in [3.8, 4) is 23.0 Å². The third-order valence-electron chi connectivity index (χ3n) is 4.79. The van der Waals surface area contributed by atoms with Crippen molar-refractivity contribution in [3.05, 3.63) is 79.7 Å². The monoisotopic (exact) mass is 488 g/mol. The highest BCUT2D eigenvalue weighted by Crippen LogP contribution is 2.58. The highest BCUT2D eigenvalue weighted by atomic mass is 79.9. The van der Waals surface area contributed by atoms with Crippen LogP contribution in [-0.2, 0) is 10.3 Å². The van der Waals surface area contributed by atoms with Gasteiger partial charge in [0, 0.05) is 37.8 Å². The van der Waals surface area contributed by atoms with Crippen LogP contribution in [0.3, 0.4) is 0 Å². The van der Waals surface area contributed by atoms with Crippen LogP contribution in [-0.4, -0.2) is 16.2 Å². The van der Waals surface area contributed by atoms with Gasteiger partial charge in [0.2, 0.25) is 0 Å². The molecular formula is C20H10Br2O5. The van der Waals surface area contributed by atoms with Gasteiger partial charge in [0.25, 0.3) is 0 Å². The molecule has 2 N–H and O–H groups in total. The number of hydrogen-bond donors (Lipinski definition) is 2. The number of halogens is 2. The Morgan fingerprint density at radius 3 is 2.00 bits per heavy atom. The van der Waals surface area contributed by atoms with Crippen LogP contribution in [0.4, 0.5) is 0 Å². The van der Waals surface area contributed by atoms with Crippen LogP contribution in [0.2, 0.25) is 0 Å². The third kappa shape index (κ3) is 2.18. The van der Waals surface area contributed by atoms with Crippen molar-refractivity contribution in [2.24, 2.45) is 0 Å². The van der Waals surface area contributed by atoms with Crippen molar-refractivity contribution in [1.82, 2.24) is 0 Å². The van der Waals surface area contributed by atoms with Gasteiger partial charge >= 0.3 is 5.97 Å². The van der Waals surface area contributed by atoms with E-state index in [4.69, 9.17) is 9.47 Å². The molecule has 0 atom stereocenters. The van der Waals surface area contributed by atoms with E-state index in [0.717, 1.165) is 4.47 Å². The third-order valence-corrected chi connectivity index (χ3v) is 5.88. The summed E-state index contributed by atoms with van der Waals surface area (Å²) in [6, 6.07) is 12.9. The minimum Gasteiger partial charge on any atom is -0.508 e. The summed E-state index contributed by atoms with van der Waals surface area (Å²) >= 11 is 6.93. The molecule has 1 spiro atoms. The lowest BCUT2D eigenvalue weighted by molar-refractivity contribution is 0.0223. The molecule has 0 aromatic heterocycles. The molecule has 0 amide bonds. The Hall–Kier alpha value is -2.51. The van der Waals surface area contributed by atoms with Crippen molar-refractivity contribution < 1.29 is 24.5 Å². The summed E-state index contributed by atoms with van der Waals surface area (Å²) in [7, 11) is 0. The molecule has 0 aliphatic carbocycles. The lowest BCUT2D eigenvalue weighted by Crippen LogP contribution is -2.32. The zero-order valence-corrected chi connectivity index (χ0v) is 16.7. The molecule has 0 fully saturated rings. The molecular weight excluding hydrogens is 480 g/mol. The Bertz CT molecular complexity index is 1100. The fourth-order valence-electron chi connectivity index (χ4n) is 3.74. The highest BCUT2D eigenvalue weighted by molar-refractivity contribution is 9.11. The van der Waals surface area contributed by atoms with Crippen LogP contribution in [0.15, 0.2) is 57.5 Å². The second kappa shape index (κ2) is 5.50. The molecule has 7 heteroatoms. The second-order valence-electron chi connectivity index (χ2n) is 6.34. The maximum absolute atomic E-state index is 12.8. The van der Waals surface area contributed by atoms with Crippen LogP contribution >= 0.6 is 31.9 Å². The largest absolute Gasteiger partial charge is 0.508 e. The van der Waals surface area contributed by atoms with E-state index in [2.05, 4.69) is 31.9 Å². The summed E-state index contributed by atoms with van der Waals surface area (Å²) < 4.78 is 13.3. The number of carbonyl (C=O) groups is 1. The first-order valence-corrected chi connectivity index (χ1v) is 9.56. The van der Waals surface area contributed by atoms with E-state index in [1.165, 1.54) is 24.3 Å². The number of rotatable bonds is 0. The number of fused-ring (bicyclic) bond motifs is 6. The van der Waals surface area contributed by atoms with Gasteiger partial charge in [-0.2, -0.15) is 0 Å². The molecule has 0 unspecified atom stereocenters. The first-order valence-electron chi connectivity index (χ1n) is 7.98. The Balaban J connectivity index is 1.93. The summed E-state index contributed by atoms with van der Waals surface area (Å²) in [4.78, 5) is 12.8. The Morgan fingerprint density at radius 2 is 1.41 bits per heavy atom. The first-order chi connectivity index (χ1) is 12.9. The fourth-order valence-corrected chi connectivity index (χ4v) is 5.13. The standard InChI is InChI=1S/C20H10Br2O5/c21-9-5-14-18(15(22)6-9)19(25)27-20(14)12-3-1-10(23)7-16(12)26-17-8-11(24)2-4-13(17)20/h1-8,23-24H. The van der Waals surface area contributed by atoms with E-state index in [-0.39, 0.29) is 11.5 Å². The molecule has 3 aromatic rings. The van der Waals surface area contributed by atoms with Crippen LogP contribution < -0.4 is 4.74 Å². The number of phenolic OH excluding ortho intramolecular Hbond substituents is 2. The molecule has 134 valence electrons. The maximum Gasteiger partial charge on any atom is 0.341 e. The van der Waals surface area contributed by atoms with Crippen LogP contribution in [0.1, 0.15) is 27.0 Å². The Morgan fingerprint density at radius 1 is 0.815 bits per heavy atom. The van der Waals surface area contributed by atoms with Crippen molar-refractivity contribution in [2.45, 2.75) is 5.60 Å². The average molecular weight is 490 g/mol. The smallest absolute Gasteiger partial charge is 0.341 e. The maximum atomic E-state index is 12.8. The molecule has 5 rings (SSSR count). The van der Waals surface area contributed by atoms with Crippen molar-refractivity contribution in [3.63, 3.8) is 0 Å². The molecule has 2 heterocycles. The van der Waals surface area contributed by atoms with E-state index >= 15 is 0 Å². The predicted octanol–water partition coefficient (Wildman–Crippen LogP) is 5.19. The quantitative estimate of drug-likeness (QED) is 0.425. The van der Waals surface area contributed by atoms with Gasteiger partial charge in [-0.1, -0.05) is 15.9 Å². The van der Waals surface area contributed by atoms with Crippen molar-refractivity contribution >= 4 is 37.8 Å². The molecule has 2 aliphatic rings. The Kier molecular flexibility index (Phi) is 3.39. The normalized spacial score (nSPS) is 15.6. The van der Waals surface area contributed by atoms with Crippen molar-refractivity contribution in [1.29, 1.82) is 0 Å². The van der Waals surface area contributed by atoms with Gasteiger partial charge in [0.05, 0.1) is 5.56 Å². The zero-order valence-electron chi connectivity index (χ0n) is 13.5. The van der Waals surface area contributed by atoms with Gasteiger partial charge in [-0.3, -0.25) is 0 Å². The summed E-state index contributed by atoms with van der Waals surface area (Å²) in [5.41, 5.74) is 1.02. The zero-order chi connectivity index (χ0) is 18.9.